The van der Waals surface area contributed by atoms with Gasteiger partial charge in [-0.25, -0.2) is 0 Å². The van der Waals surface area contributed by atoms with Gasteiger partial charge in [0.15, 0.2) is 0 Å². The first kappa shape index (κ1) is 9.05. The number of rotatable bonds is 0. The van der Waals surface area contributed by atoms with E-state index >= 15 is 0 Å². The summed E-state index contributed by atoms with van der Waals surface area (Å²) < 4.78 is 13.4. The van der Waals surface area contributed by atoms with E-state index < -0.39 is 0 Å². The third kappa shape index (κ3) is 2.91. The van der Waals surface area contributed by atoms with Crippen LogP contribution in [0.2, 0.25) is 0 Å². The average molecular weight is 314 g/mol. The van der Waals surface area contributed by atoms with Crippen molar-refractivity contribution in [2.45, 2.75) is 0 Å². The fourth-order valence-corrected chi connectivity index (χ4v) is 1.82. The van der Waals surface area contributed by atoms with Crippen LogP contribution in [0.25, 0.3) is 0 Å². The van der Waals surface area contributed by atoms with Crippen molar-refractivity contribution in [3.8, 4) is 0 Å². The summed E-state index contributed by atoms with van der Waals surface area (Å²) in [6.07, 6.45) is 0. The van der Waals surface area contributed by atoms with Crippen molar-refractivity contribution in [1.29, 1.82) is 0 Å². The van der Waals surface area contributed by atoms with Crippen LogP contribution in [-0.4, -0.2) is 5.48 Å². The number of benzene rings is 1. The second-order valence-electron chi connectivity index (χ2n) is 1.63. The Hall–Kier alpha value is 0.0451. The van der Waals surface area contributed by atoms with Crippen LogP contribution >= 0.6 is 0 Å². The molecule has 0 aromatic heterocycles. The van der Waals surface area contributed by atoms with Crippen molar-refractivity contribution in [2.24, 2.45) is 0 Å². The molecule has 0 unspecified atom stereocenters. The second kappa shape index (κ2) is 3.96. The number of hydrogen-bond donors (Lipinski definition) is 0. The maximum Gasteiger partial charge on any atom is -0.412 e. The largest absolute Gasteiger partial charge is 0.412 e. The molecule has 0 spiro atoms. The van der Waals surface area contributed by atoms with Crippen LogP contribution in [0.1, 0.15) is 0 Å². The zero-order chi connectivity index (χ0) is 5.98. The van der Waals surface area contributed by atoms with Gasteiger partial charge in [0, 0.05) is 0 Å². The number of hydrogen-bond acceptors (Lipinski definition) is 0. The minimum atomic E-state index is -0.113. The molecule has 0 bridgehead atoms. The normalized spacial score (nSPS) is 8.33. The van der Waals surface area contributed by atoms with Crippen molar-refractivity contribution in [1.82, 2.24) is 0 Å². The summed E-state index contributed by atoms with van der Waals surface area (Å²) in [5.74, 6) is -0.113. The Labute approximate surface area is 69.2 Å². The van der Waals surface area contributed by atoms with Crippen LogP contribution in [0.3, 0.4) is 0 Å². The quantitative estimate of drug-likeness (QED) is 0.612. The summed E-state index contributed by atoms with van der Waals surface area (Å²) in [5, 5.41) is 0. The first-order valence-corrected chi connectivity index (χ1v) is 5.11. The molecule has 0 aliphatic heterocycles. The molecule has 2 N–H and O–H groups in total. The van der Waals surface area contributed by atoms with Gasteiger partial charge >= 0.3 is 63.7 Å². The van der Waals surface area contributed by atoms with Gasteiger partial charge in [0.05, 0.1) is 0 Å². The maximum absolute atomic E-state index is 12.2. The van der Waals surface area contributed by atoms with Crippen LogP contribution in [0, 0.1) is 5.82 Å². The third-order valence-corrected chi connectivity index (χ3v) is 2.60. The fourth-order valence-electron chi connectivity index (χ4n) is 0.537. The van der Waals surface area contributed by atoms with Crippen molar-refractivity contribution in [3.63, 3.8) is 0 Å². The van der Waals surface area contributed by atoms with E-state index in [0.717, 1.165) is 3.07 Å². The van der Waals surface area contributed by atoms with E-state index in [1.54, 1.807) is 12.1 Å². The molecule has 45 valence electrons. The Morgan fingerprint density at radius 1 is 1.33 bits per heavy atom. The van der Waals surface area contributed by atoms with E-state index in [1.807, 2.05) is 6.07 Å². The number of halogens is 1. The van der Waals surface area contributed by atoms with E-state index in [-0.39, 0.29) is 11.3 Å². The van der Waals surface area contributed by atoms with Crippen molar-refractivity contribution in [3.05, 3.63) is 30.1 Å². The molecule has 1 rings (SSSR count). The third-order valence-electron chi connectivity index (χ3n) is 0.889. The van der Waals surface area contributed by atoms with Crippen LogP contribution in [0.4, 0.5) is 4.39 Å². The predicted octanol–water partition coefficient (Wildman–Crippen LogP) is 0.173. The Morgan fingerprint density at radius 3 is 2.33 bits per heavy atom. The first-order chi connectivity index (χ1) is 3.79. The minimum Gasteiger partial charge on any atom is -0.412 e. The van der Waals surface area contributed by atoms with Crippen molar-refractivity contribution >= 4 is 3.07 Å². The predicted molar refractivity (Wildman–Crippen MR) is 29.6 cm³/mol. The smallest absolute Gasteiger partial charge is 0.412 e. The Balaban J connectivity index is 0.000000640. The molecular formula is C6H6FHgO. The Morgan fingerprint density at radius 2 is 2.00 bits per heavy atom. The molecule has 1 aromatic carbocycles. The summed E-state index contributed by atoms with van der Waals surface area (Å²) in [6, 6.07) is 6.75. The molecule has 1 aromatic rings. The van der Waals surface area contributed by atoms with Gasteiger partial charge in [-0.3, -0.25) is 0 Å². The monoisotopic (exact) mass is 315 g/mol. The fraction of sp³-hybridized carbons (Fsp3) is 0. The zero-order valence-corrected chi connectivity index (χ0v) is 10.4. The van der Waals surface area contributed by atoms with Gasteiger partial charge in [0.25, 0.3) is 0 Å². The molecule has 0 radical (unpaired) electrons. The van der Waals surface area contributed by atoms with E-state index in [2.05, 4.69) is 0 Å². The van der Waals surface area contributed by atoms with Gasteiger partial charge in [-0.15, -0.1) is 0 Å². The Bertz CT molecular complexity index is 173. The summed E-state index contributed by atoms with van der Waals surface area (Å²) in [4.78, 5) is 0. The maximum atomic E-state index is 12.2. The van der Waals surface area contributed by atoms with Gasteiger partial charge in [-0.05, 0) is 0 Å². The SMILES string of the molecule is Fc1ccc[c]([Hg])c1.O. The average Bonchev–Trinajstić information content (AvgIpc) is 1.64. The Kier molecular flexibility index (Phi) is 3.98. The van der Waals surface area contributed by atoms with E-state index in [9.17, 15) is 4.39 Å². The second-order valence-corrected chi connectivity index (χ2v) is 4.80. The standard InChI is InChI=1S/C6H4F.Hg.H2O/c7-6-4-2-1-3-5-6;;/h1-2,4-5H;;1H2. The van der Waals surface area contributed by atoms with E-state index in [4.69, 9.17) is 0 Å². The summed E-state index contributed by atoms with van der Waals surface area (Å²) >= 11 is 0.560. The van der Waals surface area contributed by atoms with E-state index in [1.165, 1.54) is 6.07 Å². The van der Waals surface area contributed by atoms with Crippen LogP contribution in [-0.2, 0) is 26.1 Å². The summed E-state index contributed by atoms with van der Waals surface area (Å²) in [6.45, 7) is 0. The molecule has 3 heteroatoms. The van der Waals surface area contributed by atoms with Gasteiger partial charge in [-0.1, -0.05) is 0 Å². The molecule has 0 amide bonds. The molecule has 9 heavy (non-hydrogen) atoms. The first-order valence-electron chi connectivity index (χ1n) is 2.36. The van der Waals surface area contributed by atoms with Gasteiger partial charge in [0.1, 0.15) is 0 Å². The van der Waals surface area contributed by atoms with Gasteiger partial charge in [0.2, 0.25) is 0 Å². The summed E-state index contributed by atoms with van der Waals surface area (Å²) in [5.41, 5.74) is 0. The minimum absolute atomic E-state index is 0. The molecule has 0 heterocycles. The molecule has 0 fully saturated rings. The molecule has 0 aliphatic rings. The molecule has 1 nitrogen and oxygen atoms in total. The van der Waals surface area contributed by atoms with Crippen LogP contribution in [0.5, 0.6) is 0 Å². The van der Waals surface area contributed by atoms with Crippen molar-refractivity contribution < 1.29 is 36.0 Å². The summed E-state index contributed by atoms with van der Waals surface area (Å²) in [7, 11) is 0. The van der Waals surface area contributed by atoms with Gasteiger partial charge < -0.3 is 5.48 Å². The van der Waals surface area contributed by atoms with Crippen LogP contribution < -0.4 is 3.07 Å². The topological polar surface area (TPSA) is 31.5 Å². The van der Waals surface area contributed by atoms with E-state index in [0.29, 0.717) is 26.1 Å². The molecular weight excluding hydrogens is 308 g/mol. The molecule has 0 aliphatic carbocycles. The van der Waals surface area contributed by atoms with Gasteiger partial charge in [-0.2, -0.15) is 0 Å². The molecule has 0 atom stereocenters. The molecule has 0 saturated heterocycles. The molecule has 0 saturated carbocycles. The zero-order valence-electron chi connectivity index (χ0n) is 4.89. The van der Waals surface area contributed by atoms with Crippen molar-refractivity contribution in [2.75, 3.05) is 0 Å². The van der Waals surface area contributed by atoms with Crippen LogP contribution in [0.15, 0.2) is 24.3 Å².